The number of nitrogens with two attached hydrogens (primary N) is 1. The molecule has 0 aliphatic heterocycles. The first kappa shape index (κ1) is 14.1. The van der Waals surface area contributed by atoms with Crippen molar-refractivity contribution in [3.05, 3.63) is 0 Å². The molecule has 0 bridgehead atoms. The molecule has 0 aromatic rings. The van der Waals surface area contributed by atoms with E-state index in [4.69, 9.17) is 10.9 Å². The number of hydrogen-bond acceptors (Lipinski definition) is 4. The summed E-state index contributed by atoms with van der Waals surface area (Å²) in [5.41, 5.74) is 5.37. The molecule has 0 spiro atoms. The molecule has 0 fully saturated rings. The first-order chi connectivity index (χ1) is 7.15. The number of nitrogens with zero attached hydrogens (tertiary/aromatic N) is 2. The van der Waals surface area contributed by atoms with Crippen LogP contribution in [0.25, 0.3) is 0 Å². The maximum atomic E-state index is 11.7. The summed E-state index contributed by atoms with van der Waals surface area (Å²) < 4.78 is 0. The summed E-state index contributed by atoms with van der Waals surface area (Å²) in [6, 6.07) is 0. The topological polar surface area (TPSA) is 78.9 Å². The molecule has 0 heterocycles. The molecule has 0 saturated heterocycles. The minimum Gasteiger partial charge on any atom is -0.409 e. The zero-order valence-electron chi connectivity index (χ0n) is 9.27. The molecule has 88 valence electrons. The Morgan fingerprint density at radius 2 is 2.27 bits per heavy atom. The van der Waals surface area contributed by atoms with Crippen molar-refractivity contribution in [2.24, 2.45) is 10.9 Å². The van der Waals surface area contributed by atoms with Gasteiger partial charge in [-0.1, -0.05) is 12.1 Å². The van der Waals surface area contributed by atoms with Crippen LogP contribution in [0.15, 0.2) is 5.16 Å². The second-order valence-electron chi connectivity index (χ2n) is 3.15. The van der Waals surface area contributed by atoms with E-state index in [0.717, 1.165) is 12.2 Å². The molecule has 0 aromatic carbocycles. The third kappa shape index (κ3) is 6.22. The second kappa shape index (κ2) is 8.40. The third-order valence-corrected chi connectivity index (χ3v) is 2.46. The van der Waals surface area contributed by atoms with Crippen LogP contribution in [0.3, 0.4) is 0 Å². The van der Waals surface area contributed by atoms with Gasteiger partial charge in [-0.25, -0.2) is 0 Å². The van der Waals surface area contributed by atoms with Gasteiger partial charge in [0.2, 0.25) is 5.91 Å². The first-order valence-electron chi connectivity index (χ1n) is 4.88. The predicted molar refractivity (Wildman–Crippen MR) is 63.3 cm³/mol. The number of amides is 1. The highest BCUT2D eigenvalue weighted by molar-refractivity contribution is 7.98. The molecule has 0 aromatic heterocycles. The van der Waals surface area contributed by atoms with Crippen molar-refractivity contribution in [2.45, 2.75) is 19.8 Å². The Balaban J connectivity index is 4.18. The molecule has 6 heteroatoms. The molecule has 1 amide bonds. The van der Waals surface area contributed by atoms with Gasteiger partial charge in [0.1, 0.15) is 0 Å². The van der Waals surface area contributed by atoms with Crippen LogP contribution in [0, 0.1) is 0 Å². The van der Waals surface area contributed by atoms with Gasteiger partial charge in [-0.15, -0.1) is 0 Å². The quantitative estimate of drug-likeness (QED) is 0.294. The van der Waals surface area contributed by atoms with E-state index >= 15 is 0 Å². The highest BCUT2D eigenvalue weighted by Crippen LogP contribution is 2.01. The Bertz CT molecular complexity index is 221. The van der Waals surface area contributed by atoms with Gasteiger partial charge >= 0.3 is 0 Å². The fourth-order valence-electron chi connectivity index (χ4n) is 1.14. The van der Waals surface area contributed by atoms with Gasteiger partial charge in [-0.2, -0.15) is 11.8 Å². The summed E-state index contributed by atoms with van der Waals surface area (Å²) in [4.78, 5) is 13.3. The Morgan fingerprint density at radius 3 is 2.73 bits per heavy atom. The van der Waals surface area contributed by atoms with Gasteiger partial charge in [0.15, 0.2) is 5.84 Å². The van der Waals surface area contributed by atoms with Crippen molar-refractivity contribution in [2.75, 3.05) is 25.1 Å². The van der Waals surface area contributed by atoms with Crippen LogP contribution in [0.4, 0.5) is 0 Å². The molecule has 0 atom stereocenters. The Hall–Kier alpha value is -0.910. The van der Waals surface area contributed by atoms with E-state index < -0.39 is 0 Å². The molecule has 0 rings (SSSR count). The van der Waals surface area contributed by atoms with Crippen LogP contribution in [0.5, 0.6) is 0 Å². The Morgan fingerprint density at radius 1 is 1.60 bits per heavy atom. The van der Waals surface area contributed by atoms with E-state index in [9.17, 15) is 4.79 Å². The summed E-state index contributed by atoms with van der Waals surface area (Å²) in [5.74, 6) is 0.925. The normalized spacial score (nSPS) is 11.5. The van der Waals surface area contributed by atoms with Gasteiger partial charge in [0, 0.05) is 18.7 Å². The van der Waals surface area contributed by atoms with Crippen molar-refractivity contribution in [1.82, 2.24) is 4.90 Å². The Kier molecular flexibility index (Phi) is 7.89. The molecule has 0 unspecified atom stereocenters. The summed E-state index contributed by atoms with van der Waals surface area (Å²) in [6.45, 7) is 2.84. The van der Waals surface area contributed by atoms with Crippen LogP contribution in [0.1, 0.15) is 19.8 Å². The van der Waals surface area contributed by atoms with E-state index in [-0.39, 0.29) is 18.3 Å². The lowest BCUT2D eigenvalue weighted by molar-refractivity contribution is -0.130. The lowest BCUT2D eigenvalue weighted by atomic mass is 10.3. The van der Waals surface area contributed by atoms with E-state index in [1.165, 1.54) is 0 Å². The number of thioether (sulfide) groups is 1. The van der Waals surface area contributed by atoms with Crippen molar-refractivity contribution in [3.8, 4) is 0 Å². The van der Waals surface area contributed by atoms with Crippen molar-refractivity contribution < 1.29 is 10.0 Å². The van der Waals surface area contributed by atoms with E-state index in [2.05, 4.69) is 5.16 Å². The minimum atomic E-state index is 0.0535. The summed E-state index contributed by atoms with van der Waals surface area (Å²) in [7, 11) is 0. The van der Waals surface area contributed by atoms with Crippen LogP contribution in [0.2, 0.25) is 0 Å². The molecular formula is C9H19N3O2S. The van der Waals surface area contributed by atoms with Gasteiger partial charge in [-0.05, 0) is 12.7 Å². The molecule has 0 radical (unpaired) electrons. The maximum absolute atomic E-state index is 11.7. The van der Waals surface area contributed by atoms with E-state index in [1.54, 1.807) is 16.7 Å². The van der Waals surface area contributed by atoms with Gasteiger partial charge in [0.25, 0.3) is 0 Å². The van der Waals surface area contributed by atoms with Crippen molar-refractivity contribution >= 4 is 23.5 Å². The number of hydrogen-bond donors (Lipinski definition) is 2. The van der Waals surface area contributed by atoms with Gasteiger partial charge < -0.3 is 15.8 Å². The predicted octanol–water partition coefficient (Wildman–Crippen LogP) is 0.724. The zero-order chi connectivity index (χ0) is 11.7. The molecule has 0 aliphatic rings. The van der Waals surface area contributed by atoms with Crippen molar-refractivity contribution in [3.63, 3.8) is 0 Å². The lowest BCUT2D eigenvalue weighted by Crippen LogP contribution is -2.39. The van der Waals surface area contributed by atoms with Crippen LogP contribution in [-0.2, 0) is 4.79 Å². The van der Waals surface area contributed by atoms with E-state index in [0.29, 0.717) is 13.0 Å². The highest BCUT2D eigenvalue weighted by atomic mass is 32.2. The van der Waals surface area contributed by atoms with Crippen LogP contribution < -0.4 is 5.73 Å². The average Bonchev–Trinajstić information content (AvgIpc) is 2.24. The first-order valence-corrected chi connectivity index (χ1v) is 6.28. The van der Waals surface area contributed by atoms with Gasteiger partial charge in [0.05, 0.1) is 6.54 Å². The molecule has 0 saturated carbocycles. The van der Waals surface area contributed by atoms with Crippen LogP contribution >= 0.6 is 11.8 Å². The lowest BCUT2D eigenvalue weighted by Gasteiger charge is -2.21. The Labute approximate surface area is 94.7 Å². The summed E-state index contributed by atoms with van der Waals surface area (Å²) >= 11 is 1.63. The second-order valence-corrected chi connectivity index (χ2v) is 4.14. The van der Waals surface area contributed by atoms with Gasteiger partial charge in [-0.3, -0.25) is 4.79 Å². The maximum Gasteiger partial charge on any atom is 0.223 e. The molecule has 5 nitrogen and oxygen atoms in total. The largest absolute Gasteiger partial charge is 0.409 e. The number of carbonyl (C=O) groups excluding carboxylic acids is 1. The average molecular weight is 233 g/mol. The minimum absolute atomic E-state index is 0.0535. The highest BCUT2D eigenvalue weighted by Gasteiger charge is 2.13. The number of rotatable bonds is 7. The number of carbonyl (C=O) groups is 1. The summed E-state index contributed by atoms with van der Waals surface area (Å²) in [5, 5.41) is 11.3. The molecule has 3 N–H and O–H groups in total. The number of oxime groups is 1. The molecular weight excluding hydrogens is 214 g/mol. The fourth-order valence-corrected chi connectivity index (χ4v) is 1.52. The summed E-state index contributed by atoms with van der Waals surface area (Å²) in [6.07, 6.45) is 3.32. The van der Waals surface area contributed by atoms with Crippen LogP contribution in [-0.4, -0.2) is 46.9 Å². The monoisotopic (exact) mass is 233 g/mol. The van der Waals surface area contributed by atoms with Crippen molar-refractivity contribution in [1.29, 1.82) is 0 Å². The SMILES string of the molecule is CCCN(CC(N)=NO)C(=O)CCSC. The van der Waals surface area contributed by atoms with E-state index in [1.807, 2.05) is 13.2 Å². The third-order valence-electron chi connectivity index (χ3n) is 1.85. The fraction of sp³-hybridized carbons (Fsp3) is 0.778. The molecule has 0 aliphatic carbocycles. The molecule has 15 heavy (non-hydrogen) atoms. The standard InChI is InChI=1S/C9H19N3O2S/c1-3-5-12(7-8(10)11-14)9(13)4-6-15-2/h14H,3-7H2,1-2H3,(H2,10,11). The smallest absolute Gasteiger partial charge is 0.223 e. The number of amidine groups is 1. The zero-order valence-corrected chi connectivity index (χ0v) is 10.1.